The first-order valence-electron chi connectivity index (χ1n) is 8.15. The molecule has 0 spiro atoms. The zero-order chi connectivity index (χ0) is 20.8. The highest BCUT2D eigenvalue weighted by atomic mass is 16.6. The van der Waals surface area contributed by atoms with Crippen LogP contribution in [0.3, 0.4) is 0 Å². The normalized spacial score (nSPS) is 12.8. The molecular formula is C18H23NO8. The third-order valence-corrected chi connectivity index (χ3v) is 3.15. The van der Waals surface area contributed by atoms with Crippen molar-refractivity contribution < 1.29 is 38.5 Å². The van der Waals surface area contributed by atoms with E-state index < -0.39 is 29.6 Å². The number of rotatable bonds is 8. The van der Waals surface area contributed by atoms with E-state index in [2.05, 4.69) is 5.32 Å². The van der Waals surface area contributed by atoms with Crippen LogP contribution in [0.4, 0.5) is 0 Å². The van der Waals surface area contributed by atoms with Gasteiger partial charge in [0.1, 0.15) is 0 Å². The van der Waals surface area contributed by atoms with Crippen molar-refractivity contribution in [1.29, 1.82) is 0 Å². The number of carboxylic acid groups (broad SMARTS) is 1. The minimum absolute atomic E-state index is 0.00619. The molecule has 1 rings (SSSR count). The topological polar surface area (TPSA) is 128 Å². The lowest BCUT2D eigenvalue weighted by atomic mass is 10.0. The van der Waals surface area contributed by atoms with Crippen molar-refractivity contribution >= 4 is 23.9 Å². The van der Waals surface area contributed by atoms with Crippen molar-refractivity contribution in [2.24, 2.45) is 0 Å². The third kappa shape index (κ3) is 6.70. The van der Waals surface area contributed by atoms with Gasteiger partial charge in [0.05, 0.1) is 0 Å². The van der Waals surface area contributed by atoms with Gasteiger partial charge in [-0.15, -0.1) is 0 Å². The number of hydrogen-bond donors (Lipinski definition) is 2. The lowest BCUT2D eigenvalue weighted by Gasteiger charge is -2.32. The molecule has 0 fully saturated rings. The van der Waals surface area contributed by atoms with Gasteiger partial charge in [-0.05, 0) is 31.5 Å². The lowest BCUT2D eigenvalue weighted by Crippen LogP contribution is -2.59. The first-order chi connectivity index (χ1) is 12.4. The van der Waals surface area contributed by atoms with Crippen molar-refractivity contribution in [3.8, 4) is 11.5 Å². The van der Waals surface area contributed by atoms with E-state index in [-0.39, 0.29) is 24.0 Å². The highest BCUT2D eigenvalue weighted by Crippen LogP contribution is 2.31. The summed E-state index contributed by atoms with van der Waals surface area (Å²) in [6, 6.07) is 3.89. The standard InChI is InChI=1S/C18H23NO8/c1-10(2)19-18(17(23)24,27-13(5)22)9-14-6-7-15(25-11(3)20)16(8-14)26-12(4)21/h6-8,10,19H,9H2,1-5H3,(H,23,24)/t18-/m0/s1. The highest BCUT2D eigenvalue weighted by Gasteiger charge is 2.43. The van der Waals surface area contributed by atoms with Crippen LogP contribution in [0.25, 0.3) is 0 Å². The van der Waals surface area contributed by atoms with Gasteiger partial charge in [0.2, 0.25) is 0 Å². The second-order valence-electron chi connectivity index (χ2n) is 6.17. The maximum absolute atomic E-state index is 11.9. The van der Waals surface area contributed by atoms with Crippen LogP contribution in [-0.4, -0.2) is 40.8 Å². The quantitative estimate of drug-likeness (QED) is 0.390. The minimum Gasteiger partial charge on any atom is -0.477 e. The number of carbonyl (C=O) groups excluding carboxylic acids is 3. The van der Waals surface area contributed by atoms with Gasteiger partial charge in [-0.1, -0.05) is 6.07 Å². The second kappa shape index (κ2) is 9.13. The van der Waals surface area contributed by atoms with E-state index in [1.165, 1.54) is 32.0 Å². The molecular weight excluding hydrogens is 358 g/mol. The molecule has 0 saturated carbocycles. The molecule has 1 aromatic rings. The van der Waals surface area contributed by atoms with Gasteiger partial charge in [0.15, 0.2) is 11.5 Å². The highest BCUT2D eigenvalue weighted by molar-refractivity contribution is 5.81. The molecule has 0 aliphatic carbocycles. The predicted molar refractivity (Wildman–Crippen MR) is 93.2 cm³/mol. The fourth-order valence-corrected chi connectivity index (χ4v) is 2.43. The molecule has 0 saturated heterocycles. The molecule has 1 aromatic carbocycles. The zero-order valence-corrected chi connectivity index (χ0v) is 15.8. The van der Waals surface area contributed by atoms with Gasteiger partial charge < -0.3 is 19.3 Å². The van der Waals surface area contributed by atoms with Crippen LogP contribution < -0.4 is 14.8 Å². The number of nitrogens with one attached hydrogen (secondary N) is 1. The van der Waals surface area contributed by atoms with Gasteiger partial charge in [-0.3, -0.25) is 19.7 Å². The molecule has 0 aliphatic rings. The van der Waals surface area contributed by atoms with Gasteiger partial charge in [0, 0.05) is 33.2 Å². The van der Waals surface area contributed by atoms with Crippen LogP contribution in [0.15, 0.2) is 18.2 Å². The summed E-state index contributed by atoms with van der Waals surface area (Å²) in [5.41, 5.74) is -1.64. The smallest absolute Gasteiger partial charge is 0.364 e. The van der Waals surface area contributed by atoms with Crippen molar-refractivity contribution in [3.05, 3.63) is 23.8 Å². The summed E-state index contributed by atoms with van der Waals surface area (Å²) < 4.78 is 15.1. The number of carboxylic acids is 1. The number of esters is 3. The SMILES string of the molecule is CC(=O)Oc1ccc(C[C@](NC(C)C)(OC(C)=O)C(=O)O)cc1OC(C)=O. The van der Waals surface area contributed by atoms with E-state index in [0.717, 1.165) is 6.92 Å². The molecule has 0 aliphatic heterocycles. The summed E-state index contributed by atoms with van der Waals surface area (Å²) >= 11 is 0. The summed E-state index contributed by atoms with van der Waals surface area (Å²) in [6.07, 6.45) is -0.255. The number of benzene rings is 1. The van der Waals surface area contributed by atoms with Gasteiger partial charge in [0.25, 0.3) is 5.72 Å². The summed E-state index contributed by atoms with van der Waals surface area (Å²) in [6.45, 7) is 6.87. The monoisotopic (exact) mass is 381 g/mol. The maximum Gasteiger partial charge on any atom is 0.364 e. The molecule has 148 valence electrons. The summed E-state index contributed by atoms with van der Waals surface area (Å²) in [7, 11) is 0. The molecule has 27 heavy (non-hydrogen) atoms. The second-order valence-corrected chi connectivity index (χ2v) is 6.17. The molecule has 0 bridgehead atoms. The fourth-order valence-electron chi connectivity index (χ4n) is 2.43. The third-order valence-electron chi connectivity index (χ3n) is 3.15. The molecule has 0 unspecified atom stereocenters. The molecule has 9 nitrogen and oxygen atoms in total. The van der Waals surface area contributed by atoms with Crippen molar-refractivity contribution in [2.75, 3.05) is 0 Å². The summed E-state index contributed by atoms with van der Waals surface area (Å²) in [5, 5.41) is 12.4. The zero-order valence-electron chi connectivity index (χ0n) is 15.8. The summed E-state index contributed by atoms with van der Waals surface area (Å²) in [4.78, 5) is 45.8. The van der Waals surface area contributed by atoms with Crippen molar-refractivity contribution in [2.45, 2.75) is 52.8 Å². The van der Waals surface area contributed by atoms with E-state index in [9.17, 15) is 24.3 Å². The minimum atomic E-state index is -2.02. The first kappa shape index (κ1) is 22.1. The number of ether oxygens (including phenoxy) is 3. The van der Waals surface area contributed by atoms with Crippen LogP contribution in [0, 0.1) is 0 Å². The number of aliphatic carboxylic acids is 1. The Morgan fingerprint density at radius 2 is 1.56 bits per heavy atom. The maximum atomic E-state index is 11.9. The molecule has 0 heterocycles. The van der Waals surface area contributed by atoms with E-state index in [4.69, 9.17) is 14.2 Å². The number of hydrogen-bond acceptors (Lipinski definition) is 8. The van der Waals surface area contributed by atoms with Gasteiger partial charge in [-0.2, -0.15) is 0 Å². The predicted octanol–water partition coefficient (Wildman–Crippen LogP) is 1.42. The van der Waals surface area contributed by atoms with Crippen molar-refractivity contribution in [3.63, 3.8) is 0 Å². The van der Waals surface area contributed by atoms with E-state index in [1.807, 2.05) is 0 Å². The van der Waals surface area contributed by atoms with Crippen LogP contribution >= 0.6 is 0 Å². The van der Waals surface area contributed by atoms with Gasteiger partial charge in [-0.25, -0.2) is 4.79 Å². The van der Waals surface area contributed by atoms with Crippen LogP contribution in [0.5, 0.6) is 11.5 Å². The van der Waals surface area contributed by atoms with E-state index in [0.29, 0.717) is 5.56 Å². The molecule has 9 heteroatoms. The Bertz CT molecular complexity index is 743. The Hall–Kier alpha value is -2.94. The fraction of sp³-hybridized carbons (Fsp3) is 0.444. The molecule has 0 aromatic heterocycles. The first-order valence-corrected chi connectivity index (χ1v) is 8.15. The Balaban J connectivity index is 3.34. The Labute approximate surface area is 156 Å². The van der Waals surface area contributed by atoms with Crippen LogP contribution in [-0.2, 0) is 30.3 Å². The molecule has 0 amide bonds. The Morgan fingerprint density at radius 1 is 1.00 bits per heavy atom. The average Bonchev–Trinajstić information content (AvgIpc) is 2.47. The van der Waals surface area contributed by atoms with E-state index >= 15 is 0 Å². The van der Waals surface area contributed by atoms with Gasteiger partial charge >= 0.3 is 23.9 Å². The molecule has 1 atom stereocenters. The Kier molecular flexibility index (Phi) is 7.47. The van der Waals surface area contributed by atoms with Crippen LogP contribution in [0.2, 0.25) is 0 Å². The molecule has 0 radical (unpaired) electrons. The average molecular weight is 381 g/mol. The Morgan fingerprint density at radius 3 is 2.00 bits per heavy atom. The van der Waals surface area contributed by atoms with Crippen LogP contribution in [0.1, 0.15) is 40.2 Å². The largest absolute Gasteiger partial charge is 0.477 e. The van der Waals surface area contributed by atoms with E-state index in [1.54, 1.807) is 13.8 Å². The number of carbonyl (C=O) groups is 4. The van der Waals surface area contributed by atoms with Crippen molar-refractivity contribution in [1.82, 2.24) is 5.32 Å². The lowest BCUT2D eigenvalue weighted by molar-refractivity contribution is -0.182. The summed E-state index contributed by atoms with van der Waals surface area (Å²) in [5.74, 6) is -3.47. The molecule has 2 N–H and O–H groups in total.